The van der Waals surface area contributed by atoms with Crippen molar-refractivity contribution < 1.29 is 0 Å². The van der Waals surface area contributed by atoms with E-state index in [1.807, 2.05) is 11.3 Å². The van der Waals surface area contributed by atoms with Crippen LogP contribution in [0.1, 0.15) is 29.3 Å². The summed E-state index contributed by atoms with van der Waals surface area (Å²) in [7, 11) is 0. The Morgan fingerprint density at radius 3 is 2.53 bits per heavy atom. The van der Waals surface area contributed by atoms with Gasteiger partial charge < -0.3 is 10.6 Å². The van der Waals surface area contributed by atoms with Gasteiger partial charge in [-0.05, 0) is 42.9 Å². The molecular formula is C16H20N2S. The number of thiophene rings is 1. The molecule has 0 bridgehead atoms. The number of piperidine rings is 1. The largest absolute Gasteiger partial charge is 0.317 e. The van der Waals surface area contributed by atoms with E-state index in [2.05, 4.69) is 58.5 Å². The highest BCUT2D eigenvalue weighted by atomic mass is 32.1. The first-order valence-electron chi connectivity index (χ1n) is 6.98. The van der Waals surface area contributed by atoms with E-state index in [9.17, 15) is 0 Å². The van der Waals surface area contributed by atoms with Crippen LogP contribution in [0.5, 0.6) is 0 Å². The molecule has 2 aromatic rings. The monoisotopic (exact) mass is 272 g/mol. The second kappa shape index (κ2) is 6.33. The van der Waals surface area contributed by atoms with Crippen molar-refractivity contribution in [2.75, 3.05) is 13.1 Å². The maximum Gasteiger partial charge on any atom is 0.0673 e. The van der Waals surface area contributed by atoms with Gasteiger partial charge in [0, 0.05) is 10.9 Å². The van der Waals surface area contributed by atoms with Crippen LogP contribution in [0.25, 0.3) is 0 Å². The summed E-state index contributed by atoms with van der Waals surface area (Å²) in [4.78, 5) is 1.41. The van der Waals surface area contributed by atoms with Crippen molar-refractivity contribution in [1.82, 2.24) is 10.6 Å². The number of hydrogen-bond donors (Lipinski definition) is 2. The number of hydrogen-bond acceptors (Lipinski definition) is 3. The van der Waals surface area contributed by atoms with Crippen molar-refractivity contribution in [3.8, 4) is 0 Å². The van der Waals surface area contributed by atoms with Crippen molar-refractivity contribution in [3.05, 3.63) is 58.3 Å². The average molecular weight is 272 g/mol. The van der Waals surface area contributed by atoms with Crippen LogP contribution in [-0.2, 0) is 0 Å². The van der Waals surface area contributed by atoms with Crippen LogP contribution in [-0.4, -0.2) is 19.1 Å². The molecule has 100 valence electrons. The third kappa shape index (κ3) is 3.24. The molecule has 1 aromatic heterocycles. The van der Waals surface area contributed by atoms with Crippen LogP contribution in [0.4, 0.5) is 0 Å². The summed E-state index contributed by atoms with van der Waals surface area (Å²) in [5, 5.41) is 9.43. The van der Waals surface area contributed by atoms with Crippen LogP contribution < -0.4 is 10.6 Å². The predicted octanol–water partition coefficient (Wildman–Crippen LogP) is 3.18. The van der Waals surface area contributed by atoms with Crippen LogP contribution >= 0.6 is 11.3 Å². The lowest BCUT2D eigenvalue weighted by Crippen LogP contribution is -2.41. The Hall–Kier alpha value is -1.16. The van der Waals surface area contributed by atoms with Gasteiger partial charge in [-0.15, -0.1) is 11.3 Å². The first-order chi connectivity index (χ1) is 9.43. The van der Waals surface area contributed by atoms with Crippen molar-refractivity contribution >= 4 is 11.3 Å². The minimum atomic E-state index is 0.337. The molecule has 0 saturated carbocycles. The molecule has 2 nitrogen and oxygen atoms in total. The van der Waals surface area contributed by atoms with Gasteiger partial charge >= 0.3 is 0 Å². The van der Waals surface area contributed by atoms with E-state index in [0.29, 0.717) is 12.1 Å². The minimum Gasteiger partial charge on any atom is -0.317 e. The molecule has 1 unspecified atom stereocenters. The fraction of sp³-hybridized carbons (Fsp3) is 0.375. The van der Waals surface area contributed by atoms with Gasteiger partial charge in [-0.3, -0.25) is 0 Å². The molecule has 0 spiro atoms. The second-order valence-corrected chi connectivity index (χ2v) is 6.03. The van der Waals surface area contributed by atoms with Crippen molar-refractivity contribution in [2.45, 2.75) is 24.9 Å². The fourth-order valence-corrected chi connectivity index (χ4v) is 3.48. The summed E-state index contributed by atoms with van der Waals surface area (Å²) in [6.45, 7) is 2.26. The zero-order valence-corrected chi connectivity index (χ0v) is 11.8. The Labute approximate surface area is 118 Å². The molecule has 1 saturated heterocycles. The smallest absolute Gasteiger partial charge is 0.0673 e. The summed E-state index contributed by atoms with van der Waals surface area (Å²) in [5.41, 5.74) is 1.36. The Balaban J connectivity index is 1.80. The van der Waals surface area contributed by atoms with Crippen LogP contribution in [0.2, 0.25) is 0 Å². The van der Waals surface area contributed by atoms with Gasteiger partial charge in [0.15, 0.2) is 0 Å². The maximum atomic E-state index is 3.85. The van der Waals surface area contributed by atoms with E-state index in [1.54, 1.807) is 0 Å². The van der Waals surface area contributed by atoms with E-state index in [4.69, 9.17) is 0 Å². The third-order valence-electron chi connectivity index (χ3n) is 3.70. The van der Waals surface area contributed by atoms with Crippen LogP contribution in [0.15, 0.2) is 47.8 Å². The van der Waals surface area contributed by atoms with E-state index in [0.717, 1.165) is 13.1 Å². The van der Waals surface area contributed by atoms with Crippen molar-refractivity contribution in [2.24, 2.45) is 0 Å². The van der Waals surface area contributed by atoms with Gasteiger partial charge in [0.25, 0.3) is 0 Å². The van der Waals surface area contributed by atoms with Gasteiger partial charge in [0.2, 0.25) is 0 Å². The highest BCUT2D eigenvalue weighted by Gasteiger charge is 2.20. The molecule has 1 aliphatic heterocycles. The number of nitrogens with one attached hydrogen (secondary N) is 2. The van der Waals surface area contributed by atoms with Gasteiger partial charge in [0.1, 0.15) is 0 Å². The molecular weight excluding hydrogens is 252 g/mol. The second-order valence-electron chi connectivity index (χ2n) is 5.05. The topological polar surface area (TPSA) is 24.1 Å². The van der Waals surface area contributed by atoms with Crippen LogP contribution in [0, 0.1) is 0 Å². The zero-order valence-electron chi connectivity index (χ0n) is 11.0. The first-order valence-corrected chi connectivity index (χ1v) is 7.86. The summed E-state index contributed by atoms with van der Waals surface area (Å²) in [5.74, 6) is 0. The van der Waals surface area contributed by atoms with E-state index < -0.39 is 0 Å². The quantitative estimate of drug-likeness (QED) is 0.893. The van der Waals surface area contributed by atoms with E-state index >= 15 is 0 Å². The molecule has 2 heterocycles. The zero-order chi connectivity index (χ0) is 12.9. The lowest BCUT2D eigenvalue weighted by molar-refractivity contribution is 0.369. The molecule has 0 amide bonds. The Morgan fingerprint density at radius 2 is 1.84 bits per heavy atom. The van der Waals surface area contributed by atoms with Crippen molar-refractivity contribution in [3.63, 3.8) is 0 Å². The van der Waals surface area contributed by atoms with Gasteiger partial charge in [0.05, 0.1) is 6.04 Å². The molecule has 0 aliphatic carbocycles. The number of benzene rings is 1. The molecule has 1 aromatic carbocycles. The molecule has 2 N–H and O–H groups in total. The molecule has 1 fully saturated rings. The normalized spacial score (nSPS) is 18.3. The molecule has 3 heteroatoms. The third-order valence-corrected chi connectivity index (χ3v) is 4.64. The lowest BCUT2D eigenvalue weighted by Gasteiger charge is -2.29. The Kier molecular flexibility index (Phi) is 4.28. The van der Waals surface area contributed by atoms with Gasteiger partial charge in [-0.25, -0.2) is 0 Å². The van der Waals surface area contributed by atoms with Gasteiger partial charge in [-0.1, -0.05) is 36.4 Å². The van der Waals surface area contributed by atoms with E-state index in [1.165, 1.54) is 23.3 Å². The summed E-state index contributed by atoms with van der Waals surface area (Å²) >= 11 is 1.84. The first kappa shape index (κ1) is 12.9. The Morgan fingerprint density at radius 1 is 1.05 bits per heavy atom. The molecule has 1 aliphatic rings. The summed E-state index contributed by atoms with van der Waals surface area (Å²) < 4.78 is 0. The standard InChI is InChI=1S/C16H20N2S/c1-2-5-13(6-3-1)16(15-7-4-12-19-15)18-14-8-10-17-11-9-14/h1-7,12,14,16-18H,8-11H2. The van der Waals surface area contributed by atoms with Gasteiger partial charge in [-0.2, -0.15) is 0 Å². The average Bonchev–Trinajstić information content (AvgIpc) is 3.01. The molecule has 0 radical (unpaired) electrons. The highest BCUT2D eigenvalue weighted by molar-refractivity contribution is 7.10. The summed E-state index contributed by atoms with van der Waals surface area (Å²) in [6.07, 6.45) is 2.43. The van der Waals surface area contributed by atoms with E-state index in [-0.39, 0.29) is 0 Å². The molecule has 19 heavy (non-hydrogen) atoms. The fourth-order valence-electron chi connectivity index (χ4n) is 2.67. The predicted molar refractivity (Wildman–Crippen MR) is 81.6 cm³/mol. The number of rotatable bonds is 4. The summed E-state index contributed by atoms with van der Waals surface area (Å²) in [6, 6.07) is 16.1. The van der Waals surface area contributed by atoms with Crippen molar-refractivity contribution in [1.29, 1.82) is 0 Å². The molecule has 1 atom stereocenters. The SMILES string of the molecule is c1ccc(C(NC2CCNCC2)c2cccs2)cc1. The molecule has 3 rings (SSSR count). The lowest BCUT2D eigenvalue weighted by atomic mass is 10.0. The minimum absolute atomic E-state index is 0.337. The Bertz CT molecular complexity index is 475. The highest BCUT2D eigenvalue weighted by Crippen LogP contribution is 2.27. The maximum absolute atomic E-state index is 3.85. The van der Waals surface area contributed by atoms with Crippen LogP contribution in [0.3, 0.4) is 0 Å².